The van der Waals surface area contributed by atoms with E-state index in [1.165, 1.54) is 6.07 Å². The van der Waals surface area contributed by atoms with Gasteiger partial charge in [0.15, 0.2) is 11.5 Å². The lowest BCUT2D eigenvalue weighted by Gasteiger charge is -2.21. The van der Waals surface area contributed by atoms with Gasteiger partial charge in [-0.15, -0.1) is 0 Å². The molecular formula is C27H24N4O5. The van der Waals surface area contributed by atoms with Crippen LogP contribution in [0.5, 0.6) is 17.4 Å². The van der Waals surface area contributed by atoms with Crippen LogP contribution >= 0.6 is 0 Å². The van der Waals surface area contributed by atoms with Gasteiger partial charge in [-0.1, -0.05) is 6.07 Å². The highest BCUT2D eigenvalue weighted by Crippen LogP contribution is 2.40. The number of H-pyrrole nitrogens is 1. The van der Waals surface area contributed by atoms with Crippen molar-refractivity contribution < 1.29 is 19.0 Å². The molecule has 2 aromatic heterocycles. The summed E-state index contributed by atoms with van der Waals surface area (Å²) >= 11 is 0. The van der Waals surface area contributed by atoms with Crippen molar-refractivity contribution in [2.45, 2.75) is 6.54 Å². The fourth-order valence-electron chi connectivity index (χ4n) is 3.86. The van der Waals surface area contributed by atoms with Crippen molar-refractivity contribution in [1.29, 1.82) is 0 Å². The highest BCUT2D eigenvalue weighted by Gasteiger charge is 2.19. The Morgan fingerprint density at radius 2 is 1.89 bits per heavy atom. The molecule has 0 fully saturated rings. The summed E-state index contributed by atoms with van der Waals surface area (Å²) in [5.74, 6) is 1.56. The highest BCUT2D eigenvalue weighted by atomic mass is 16.6. The van der Waals surface area contributed by atoms with E-state index in [-0.39, 0.29) is 18.0 Å². The van der Waals surface area contributed by atoms with E-state index >= 15 is 0 Å². The Hall–Kier alpha value is -4.79. The normalized spacial score (nSPS) is 12.0. The molecule has 0 aliphatic carbocycles. The molecule has 0 unspecified atom stereocenters. The van der Waals surface area contributed by atoms with Crippen LogP contribution in [-0.2, 0) is 6.54 Å². The van der Waals surface area contributed by atoms with Crippen LogP contribution in [0.2, 0.25) is 0 Å². The number of amides is 1. The average Bonchev–Trinajstić information content (AvgIpc) is 2.92. The average molecular weight is 485 g/mol. The third-order valence-electron chi connectivity index (χ3n) is 5.61. The van der Waals surface area contributed by atoms with Crippen molar-refractivity contribution in [3.63, 3.8) is 0 Å². The molecule has 36 heavy (non-hydrogen) atoms. The van der Waals surface area contributed by atoms with Crippen LogP contribution in [-0.4, -0.2) is 36.2 Å². The number of benzene rings is 2. The fraction of sp³-hybridized carbons (Fsp3) is 0.148. The number of hydrogen-bond donors (Lipinski definition) is 3. The first kappa shape index (κ1) is 23.0. The maximum Gasteiger partial charge on any atom is 0.251 e. The molecule has 9 nitrogen and oxygen atoms in total. The lowest BCUT2D eigenvalue weighted by Crippen LogP contribution is -2.23. The molecule has 182 valence electrons. The second kappa shape index (κ2) is 10.2. The zero-order valence-corrected chi connectivity index (χ0v) is 19.5. The minimum Gasteiger partial charge on any atom is -0.486 e. The van der Waals surface area contributed by atoms with Gasteiger partial charge in [0, 0.05) is 35.6 Å². The fourth-order valence-corrected chi connectivity index (χ4v) is 3.86. The number of ether oxygens (including phenoxy) is 3. The first-order chi connectivity index (χ1) is 17.6. The number of para-hydroxylation sites is 1. The largest absolute Gasteiger partial charge is 0.486 e. The summed E-state index contributed by atoms with van der Waals surface area (Å²) in [5, 5.41) is 6.09. The number of carbonyl (C=O) groups excluding carboxylic acids is 1. The standard InChI is InChI=1S/C27H24N4O5/c1-34-27-22(10-9-21(31-27)20-3-2-4-23-25(20)36-14-13-35-23)30-19-7-5-18(6-8-19)26(33)29-16-17-11-12-28-24(32)15-17/h2-12,15,30H,13-14,16H2,1H3,(H,28,32)(H,29,33). The van der Waals surface area contributed by atoms with Gasteiger partial charge in [-0.2, -0.15) is 0 Å². The van der Waals surface area contributed by atoms with E-state index in [4.69, 9.17) is 14.2 Å². The van der Waals surface area contributed by atoms with Crippen LogP contribution in [0.25, 0.3) is 11.3 Å². The van der Waals surface area contributed by atoms with Crippen LogP contribution in [0.4, 0.5) is 11.4 Å². The molecule has 5 rings (SSSR count). The van der Waals surface area contributed by atoms with Gasteiger partial charge in [-0.3, -0.25) is 9.59 Å². The van der Waals surface area contributed by atoms with Crippen LogP contribution in [0, 0.1) is 0 Å². The van der Waals surface area contributed by atoms with Gasteiger partial charge in [0.2, 0.25) is 11.4 Å². The van der Waals surface area contributed by atoms with Crippen molar-refractivity contribution in [2.24, 2.45) is 0 Å². The number of anilines is 2. The lowest BCUT2D eigenvalue weighted by atomic mass is 10.1. The van der Waals surface area contributed by atoms with Gasteiger partial charge in [0.25, 0.3) is 5.91 Å². The summed E-state index contributed by atoms with van der Waals surface area (Å²) in [6.45, 7) is 1.27. The minimum absolute atomic E-state index is 0.208. The number of fused-ring (bicyclic) bond motifs is 1. The van der Waals surface area contributed by atoms with E-state index in [0.29, 0.717) is 47.5 Å². The molecule has 0 saturated carbocycles. The van der Waals surface area contributed by atoms with E-state index in [9.17, 15) is 9.59 Å². The molecule has 0 saturated heterocycles. The Kier molecular flexibility index (Phi) is 6.53. The molecule has 1 aliphatic rings. The Bertz CT molecular complexity index is 1450. The predicted octanol–water partition coefficient (Wildman–Crippen LogP) is 3.89. The van der Waals surface area contributed by atoms with E-state index in [0.717, 1.165) is 16.8 Å². The molecule has 0 bridgehead atoms. The van der Waals surface area contributed by atoms with Crippen LogP contribution in [0.1, 0.15) is 15.9 Å². The number of nitrogens with one attached hydrogen (secondary N) is 3. The van der Waals surface area contributed by atoms with Crippen molar-refractivity contribution in [1.82, 2.24) is 15.3 Å². The van der Waals surface area contributed by atoms with Gasteiger partial charge in [0.1, 0.15) is 18.9 Å². The number of hydrogen-bond acceptors (Lipinski definition) is 7. The molecular weight excluding hydrogens is 460 g/mol. The van der Waals surface area contributed by atoms with Crippen LogP contribution in [0.15, 0.2) is 77.7 Å². The number of aromatic nitrogens is 2. The first-order valence-corrected chi connectivity index (χ1v) is 11.4. The number of aromatic amines is 1. The topological polar surface area (TPSA) is 115 Å². The van der Waals surface area contributed by atoms with E-state index in [2.05, 4.69) is 20.6 Å². The SMILES string of the molecule is COc1nc(-c2cccc3c2OCCO3)ccc1Nc1ccc(C(=O)NCc2cc[nH]c(=O)c2)cc1. The molecule has 1 aliphatic heterocycles. The minimum atomic E-state index is -0.233. The summed E-state index contributed by atoms with van der Waals surface area (Å²) in [4.78, 5) is 31.1. The predicted molar refractivity (Wildman–Crippen MR) is 135 cm³/mol. The van der Waals surface area contributed by atoms with Gasteiger partial charge in [0.05, 0.1) is 12.8 Å². The van der Waals surface area contributed by atoms with E-state index in [1.807, 2.05) is 30.3 Å². The summed E-state index contributed by atoms with van der Waals surface area (Å²) in [7, 11) is 1.56. The molecule has 0 radical (unpaired) electrons. The summed E-state index contributed by atoms with van der Waals surface area (Å²) in [5.41, 5.74) is 3.99. The van der Waals surface area contributed by atoms with Crippen molar-refractivity contribution in [3.05, 3.63) is 94.4 Å². The number of rotatable bonds is 7. The number of pyridine rings is 2. The molecule has 4 aromatic rings. The van der Waals surface area contributed by atoms with E-state index < -0.39 is 0 Å². The molecule has 1 amide bonds. The molecule has 0 spiro atoms. The number of carbonyl (C=O) groups is 1. The Balaban J connectivity index is 1.29. The third-order valence-corrected chi connectivity index (χ3v) is 5.61. The monoisotopic (exact) mass is 484 g/mol. The molecule has 2 aromatic carbocycles. The number of nitrogens with zero attached hydrogens (tertiary/aromatic N) is 1. The van der Waals surface area contributed by atoms with Gasteiger partial charge in [-0.25, -0.2) is 4.98 Å². The Labute approximate surface area is 207 Å². The Morgan fingerprint density at radius 1 is 1.06 bits per heavy atom. The first-order valence-electron chi connectivity index (χ1n) is 11.4. The van der Waals surface area contributed by atoms with Crippen molar-refractivity contribution in [2.75, 3.05) is 25.6 Å². The number of methoxy groups -OCH3 is 1. The molecule has 0 atom stereocenters. The zero-order chi connectivity index (χ0) is 24.9. The van der Waals surface area contributed by atoms with Crippen LogP contribution in [0.3, 0.4) is 0 Å². The zero-order valence-electron chi connectivity index (χ0n) is 19.5. The maximum absolute atomic E-state index is 12.5. The summed E-state index contributed by atoms with van der Waals surface area (Å²) in [6.07, 6.45) is 1.55. The highest BCUT2D eigenvalue weighted by molar-refractivity contribution is 5.94. The lowest BCUT2D eigenvalue weighted by molar-refractivity contribution is 0.0951. The molecule has 3 N–H and O–H groups in total. The quantitative estimate of drug-likeness (QED) is 0.365. The second-order valence-electron chi connectivity index (χ2n) is 8.03. The van der Waals surface area contributed by atoms with Crippen molar-refractivity contribution in [3.8, 4) is 28.6 Å². The summed E-state index contributed by atoms with van der Waals surface area (Å²) < 4.78 is 17.0. The van der Waals surface area contributed by atoms with Gasteiger partial charge < -0.3 is 29.8 Å². The maximum atomic E-state index is 12.5. The summed E-state index contributed by atoms with van der Waals surface area (Å²) in [6, 6.07) is 19.7. The smallest absolute Gasteiger partial charge is 0.251 e. The Morgan fingerprint density at radius 3 is 2.69 bits per heavy atom. The second-order valence-corrected chi connectivity index (χ2v) is 8.03. The van der Waals surface area contributed by atoms with Gasteiger partial charge in [-0.05, 0) is 60.2 Å². The molecule has 9 heteroatoms. The van der Waals surface area contributed by atoms with Crippen molar-refractivity contribution >= 4 is 17.3 Å². The van der Waals surface area contributed by atoms with Gasteiger partial charge >= 0.3 is 0 Å². The van der Waals surface area contributed by atoms with Crippen LogP contribution < -0.4 is 30.4 Å². The van der Waals surface area contributed by atoms with E-state index in [1.54, 1.807) is 43.6 Å². The molecule has 3 heterocycles. The third kappa shape index (κ3) is 5.00.